The van der Waals surface area contributed by atoms with Crippen LogP contribution in [0.4, 0.5) is 0 Å². The van der Waals surface area contributed by atoms with Gasteiger partial charge in [0.05, 0.1) is 37.0 Å². The van der Waals surface area contributed by atoms with E-state index in [1.807, 2.05) is 54.3 Å². The van der Waals surface area contributed by atoms with Gasteiger partial charge in [0, 0.05) is 5.92 Å². The van der Waals surface area contributed by atoms with Crippen molar-refractivity contribution in [3.8, 4) is 6.07 Å². The van der Waals surface area contributed by atoms with Crippen LogP contribution in [-0.2, 0) is 30.4 Å². The SMILES string of the molecule is CCSC1=C(C#N)N2C(OCc3ccccc3)C3C=CC2C(C(=O)OC)(S1)C3C(=O)OC. The van der Waals surface area contributed by atoms with Crippen LogP contribution >= 0.6 is 23.5 Å². The molecule has 3 heterocycles. The van der Waals surface area contributed by atoms with Crippen molar-refractivity contribution in [3.63, 3.8) is 0 Å². The minimum Gasteiger partial charge on any atom is -0.469 e. The van der Waals surface area contributed by atoms with Crippen LogP contribution in [0.15, 0.2) is 52.4 Å². The number of rotatable bonds is 7. The molecule has 1 aromatic carbocycles. The van der Waals surface area contributed by atoms with Crippen LogP contribution < -0.4 is 0 Å². The highest BCUT2D eigenvalue weighted by molar-refractivity contribution is 8.23. The van der Waals surface area contributed by atoms with Gasteiger partial charge in [-0.25, -0.2) is 0 Å². The third-order valence-corrected chi connectivity index (χ3v) is 8.75. The van der Waals surface area contributed by atoms with Crippen LogP contribution in [0.1, 0.15) is 12.5 Å². The number of benzene rings is 1. The molecule has 7 nitrogen and oxygen atoms in total. The van der Waals surface area contributed by atoms with Gasteiger partial charge in [-0.2, -0.15) is 5.26 Å². The Hall–Kier alpha value is -2.41. The first kappa shape index (κ1) is 22.8. The molecule has 0 radical (unpaired) electrons. The smallest absolute Gasteiger partial charge is 0.325 e. The Morgan fingerprint density at radius 3 is 2.59 bits per heavy atom. The quantitative estimate of drug-likeness (QED) is 0.438. The second kappa shape index (κ2) is 9.22. The zero-order valence-electron chi connectivity index (χ0n) is 18.0. The van der Waals surface area contributed by atoms with E-state index in [0.29, 0.717) is 22.3 Å². The highest BCUT2D eigenvalue weighted by atomic mass is 32.2. The van der Waals surface area contributed by atoms with Crippen molar-refractivity contribution in [2.24, 2.45) is 11.8 Å². The summed E-state index contributed by atoms with van der Waals surface area (Å²) < 4.78 is 16.1. The van der Waals surface area contributed by atoms with Gasteiger partial charge in [0.15, 0.2) is 4.75 Å². The largest absolute Gasteiger partial charge is 0.469 e. The van der Waals surface area contributed by atoms with Crippen LogP contribution in [0.2, 0.25) is 0 Å². The number of carbonyl (C=O) groups is 2. The number of thioether (sulfide) groups is 2. The van der Waals surface area contributed by atoms with Crippen LogP contribution in [0.3, 0.4) is 0 Å². The molecule has 5 unspecified atom stereocenters. The maximum absolute atomic E-state index is 13.3. The fraction of sp³-hybridized carbons (Fsp3) is 0.435. The lowest BCUT2D eigenvalue weighted by atomic mass is 9.66. The summed E-state index contributed by atoms with van der Waals surface area (Å²) in [6, 6.07) is 11.4. The minimum atomic E-state index is -1.26. The highest BCUT2D eigenvalue weighted by Crippen LogP contribution is 2.61. The summed E-state index contributed by atoms with van der Waals surface area (Å²) >= 11 is 2.72. The normalized spacial score (nSPS) is 30.1. The molecule has 1 fully saturated rings. The number of allylic oxidation sites excluding steroid dienone is 1. The molecule has 4 bridgehead atoms. The van der Waals surface area contributed by atoms with Gasteiger partial charge >= 0.3 is 11.9 Å². The predicted octanol–water partition coefficient (Wildman–Crippen LogP) is 3.29. The molecule has 9 heteroatoms. The molecule has 3 aliphatic heterocycles. The van der Waals surface area contributed by atoms with Crippen LogP contribution in [0, 0.1) is 23.2 Å². The Labute approximate surface area is 195 Å². The van der Waals surface area contributed by atoms with E-state index < -0.39 is 40.8 Å². The van der Waals surface area contributed by atoms with E-state index in [2.05, 4.69) is 6.07 Å². The molecular formula is C23H24N2O5S2. The number of nitrogens with zero attached hydrogens (tertiary/aromatic N) is 2. The standard InChI is InChI=1S/C23H24N2O5S2/c1-4-31-21-16(12-24)25-17-11-10-15(19(25)30-13-14-8-6-5-7-9-14)18(20(26)28-2)23(17,32-21)22(27)29-3/h5-11,15,17-19H,4,13H2,1-3H3. The molecule has 1 aromatic rings. The fourth-order valence-electron chi connectivity index (χ4n) is 4.75. The molecule has 0 spiro atoms. The molecule has 0 saturated carbocycles. The van der Waals surface area contributed by atoms with Gasteiger partial charge in [-0.05, 0) is 11.3 Å². The van der Waals surface area contributed by atoms with Crippen molar-refractivity contribution in [1.82, 2.24) is 4.90 Å². The Bertz CT molecular complexity index is 1010. The van der Waals surface area contributed by atoms with Gasteiger partial charge in [0.1, 0.15) is 18.0 Å². The summed E-state index contributed by atoms with van der Waals surface area (Å²) in [6.45, 7) is 2.28. The third kappa shape index (κ3) is 3.41. The van der Waals surface area contributed by atoms with E-state index in [4.69, 9.17) is 14.2 Å². The van der Waals surface area contributed by atoms with Crippen molar-refractivity contribution >= 4 is 35.5 Å². The molecule has 0 N–H and O–H groups in total. The zero-order chi connectivity index (χ0) is 22.9. The van der Waals surface area contributed by atoms with Crippen LogP contribution in [0.5, 0.6) is 0 Å². The van der Waals surface area contributed by atoms with Gasteiger partial charge in [-0.1, -0.05) is 61.2 Å². The molecular weight excluding hydrogens is 448 g/mol. The molecule has 1 aliphatic carbocycles. The number of piperidine rings is 1. The number of ether oxygens (including phenoxy) is 3. The molecule has 168 valence electrons. The van der Waals surface area contributed by atoms with E-state index >= 15 is 0 Å². The monoisotopic (exact) mass is 472 g/mol. The summed E-state index contributed by atoms with van der Waals surface area (Å²) in [5, 5.41) is 10.1. The molecule has 5 atom stereocenters. The highest BCUT2D eigenvalue weighted by Gasteiger charge is 2.70. The molecule has 4 aliphatic rings. The van der Waals surface area contributed by atoms with Crippen molar-refractivity contribution < 1.29 is 23.8 Å². The Morgan fingerprint density at radius 1 is 1.22 bits per heavy atom. The Morgan fingerprint density at radius 2 is 1.97 bits per heavy atom. The molecule has 5 rings (SSSR count). The van der Waals surface area contributed by atoms with Gasteiger partial charge in [-0.15, -0.1) is 11.8 Å². The predicted molar refractivity (Wildman–Crippen MR) is 122 cm³/mol. The number of nitriles is 1. The van der Waals surface area contributed by atoms with Gasteiger partial charge < -0.3 is 19.1 Å². The van der Waals surface area contributed by atoms with Gasteiger partial charge in [-0.3, -0.25) is 9.59 Å². The van der Waals surface area contributed by atoms with Crippen LogP contribution in [-0.4, -0.2) is 53.8 Å². The lowest BCUT2D eigenvalue weighted by Crippen LogP contribution is -2.74. The summed E-state index contributed by atoms with van der Waals surface area (Å²) in [5.41, 5.74) is 1.44. The molecule has 0 amide bonds. The lowest BCUT2D eigenvalue weighted by molar-refractivity contribution is -0.183. The average Bonchev–Trinajstić information content (AvgIpc) is 2.83. The van der Waals surface area contributed by atoms with E-state index in [1.165, 1.54) is 37.7 Å². The first-order chi connectivity index (χ1) is 15.5. The fourth-order valence-corrected chi connectivity index (χ4v) is 7.71. The van der Waals surface area contributed by atoms with Crippen molar-refractivity contribution in [3.05, 3.63) is 58.0 Å². The maximum atomic E-state index is 13.3. The lowest BCUT2D eigenvalue weighted by Gasteiger charge is -2.61. The summed E-state index contributed by atoms with van der Waals surface area (Å²) in [5.74, 6) is -1.59. The van der Waals surface area contributed by atoms with Crippen LogP contribution in [0.25, 0.3) is 0 Å². The van der Waals surface area contributed by atoms with Crippen molar-refractivity contribution in [1.29, 1.82) is 5.26 Å². The average molecular weight is 473 g/mol. The summed E-state index contributed by atoms with van der Waals surface area (Å²) in [6.07, 6.45) is 3.20. The van der Waals surface area contributed by atoms with Crippen molar-refractivity contribution in [2.75, 3.05) is 20.0 Å². The van der Waals surface area contributed by atoms with E-state index in [-0.39, 0.29) is 0 Å². The maximum Gasteiger partial charge on any atom is 0.325 e. The first-order valence-corrected chi connectivity index (χ1v) is 12.1. The Kier molecular flexibility index (Phi) is 6.56. The molecule has 0 aromatic heterocycles. The second-order valence-electron chi connectivity index (χ2n) is 7.57. The number of methoxy groups -OCH3 is 2. The number of hydrogen-bond acceptors (Lipinski definition) is 9. The van der Waals surface area contributed by atoms with E-state index in [0.717, 1.165) is 5.56 Å². The molecule has 1 saturated heterocycles. The molecule has 32 heavy (non-hydrogen) atoms. The third-order valence-electron chi connectivity index (χ3n) is 6.02. The second-order valence-corrected chi connectivity index (χ2v) is 10.4. The van der Waals surface area contributed by atoms with Gasteiger partial charge in [0.25, 0.3) is 0 Å². The number of hydrogen-bond donors (Lipinski definition) is 0. The number of carbonyl (C=O) groups excluding carboxylic acids is 2. The number of esters is 2. The van der Waals surface area contributed by atoms with Crippen molar-refractivity contribution in [2.45, 2.75) is 30.5 Å². The van der Waals surface area contributed by atoms with E-state index in [9.17, 15) is 14.9 Å². The van der Waals surface area contributed by atoms with E-state index in [1.54, 1.807) is 0 Å². The van der Waals surface area contributed by atoms with Gasteiger partial charge in [0.2, 0.25) is 0 Å². The first-order valence-electron chi connectivity index (χ1n) is 10.3. The zero-order valence-corrected chi connectivity index (χ0v) is 19.7. The summed E-state index contributed by atoms with van der Waals surface area (Å²) in [4.78, 5) is 28.2. The topological polar surface area (TPSA) is 88.9 Å². The Balaban J connectivity index is 1.85. The minimum absolute atomic E-state index is 0.306. The summed E-state index contributed by atoms with van der Waals surface area (Å²) in [7, 11) is 2.64.